The first-order valence-corrected chi connectivity index (χ1v) is 7.86. The Balaban J connectivity index is 1.96. The fourth-order valence-electron chi connectivity index (χ4n) is 3.75. The molecule has 0 bridgehead atoms. The lowest BCUT2D eigenvalue weighted by Crippen LogP contribution is -2.59. The number of carbonyl (C=O) groups excluding carboxylic acids is 1. The average Bonchev–Trinajstić information content (AvgIpc) is 2.39. The van der Waals surface area contributed by atoms with Crippen LogP contribution in [0.5, 0.6) is 0 Å². The van der Waals surface area contributed by atoms with Crippen molar-refractivity contribution in [2.75, 3.05) is 13.1 Å². The number of amides is 1. The van der Waals surface area contributed by atoms with E-state index in [4.69, 9.17) is 5.73 Å². The summed E-state index contributed by atoms with van der Waals surface area (Å²) in [6, 6.07) is 1.27. The number of likely N-dealkylation sites (tertiary alicyclic amines) is 1. The van der Waals surface area contributed by atoms with Gasteiger partial charge in [-0.05, 0) is 58.9 Å². The number of rotatable bonds is 4. The number of hydrogen-bond donors (Lipinski definition) is 2. The summed E-state index contributed by atoms with van der Waals surface area (Å²) >= 11 is 0. The van der Waals surface area contributed by atoms with Crippen LogP contribution in [-0.4, -0.2) is 41.5 Å². The van der Waals surface area contributed by atoms with Crippen LogP contribution in [0.4, 0.5) is 0 Å². The van der Waals surface area contributed by atoms with Crippen LogP contribution < -0.4 is 11.1 Å². The molecular formula is C15H29N3O. The predicted molar refractivity (Wildman–Crippen MR) is 77.9 cm³/mol. The highest BCUT2D eigenvalue weighted by molar-refractivity contribution is 5.84. The molecule has 0 aromatic heterocycles. The Morgan fingerprint density at radius 1 is 1.26 bits per heavy atom. The largest absolute Gasteiger partial charge is 0.368 e. The molecule has 0 aromatic rings. The lowest BCUT2D eigenvalue weighted by atomic mass is 9.84. The van der Waals surface area contributed by atoms with Crippen LogP contribution in [0.3, 0.4) is 0 Å². The third-order valence-corrected chi connectivity index (χ3v) is 5.14. The summed E-state index contributed by atoms with van der Waals surface area (Å²) in [5.41, 5.74) is 5.22. The second-order valence-electron chi connectivity index (χ2n) is 6.45. The number of nitrogens with two attached hydrogens (primary N) is 1. The van der Waals surface area contributed by atoms with E-state index in [1.54, 1.807) is 0 Å². The standard InChI is InChI=1S/C15H29N3O/c1-12-6-5-7-13(2)18(12)11-9-15(14(16)19)8-3-4-10-17-15/h12-13,17H,3-11H2,1-2H3,(H2,16,19)/t12-,13+,15?. The van der Waals surface area contributed by atoms with Crippen molar-refractivity contribution in [1.29, 1.82) is 0 Å². The zero-order chi connectivity index (χ0) is 13.9. The van der Waals surface area contributed by atoms with Crippen LogP contribution in [0.2, 0.25) is 0 Å². The normalized spacial score (nSPS) is 37.2. The molecule has 0 aromatic carbocycles. The van der Waals surface area contributed by atoms with Crippen LogP contribution in [0.1, 0.15) is 58.8 Å². The highest BCUT2D eigenvalue weighted by Gasteiger charge is 2.38. The molecule has 2 saturated heterocycles. The molecule has 2 rings (SSSR count). The van der Waals surface area contributed by atoms with Crippen LogP contribution in [0, 0.1) is 0 Å². The van der Waals surface area contributed by atoms with E-state index >= 15 is 0 Å². The van der Waals surface area contributed by atoms with E-state index in [1.807, 2.05) is 0 Å². The number of nitrogens with zero attached hydrogens (tertiary/aromatic N) is 1. The molecule has 2 heterocycles. The minimum absolute atomic E-state index is 0.162. The van der Waals surface area contributed by atoms with E-state index < -0.39 is 5.54 Å². The van der Waals surface area contributed by atoms with Crippen LogP contribution in [-0.2, 0) is 4.79 Å². The lowest BCUT2D eigenvalue weighted by Gasteiger charge is -2.42. The maximum absolute atomic E-state index is 11.9. The predicted octanol–water partition coefficient (Wildman–Crippen LogP) is 1.64. The Bertz CT molecular complexity index is 303. The van der Waals surface area contributed by atoms with Gasteiger partial charge in [-0.3, -0.25) is 9.69 Å². The quantitative estimate of drug-likeness (QED) is 0.814. The summed E-state index contributed by atoms with van der Waals surface area (Å²) in [7, 11) is 0. The van der Waals surface area contributed by atoms with Gasteiger partial charge in [0.05, 0.1) is 5.54 Å². The van der Waals surface area contributed by atoms with E-state index in [2.05, 4.69) is 24.1 Å². The van der Waals surface area contributed by atoms with Crippen molar-refractivity contribution in [3.8, 4) is 0 Å². The number of piperidine rings is 2. The van der Waals surface area contributed by atoms with Gasteiger partial charge in [-0.15, -0.1) is 0 Å². The lowest BCUT2D eigenvalue weighted by molar-refractivity contribution is -0.126. The van der Waals surface area contributed by atoms with E-state index in [0.29, 0.717) is 12.1 Å². The van der Waals surface area contributed by atoms with Crippen LogP contribution in [0.25, 0.3) is 0 Å². The van der Waals surface area contributed by atoms with Gasteiger partial charge in [0.25, 0.3) is 0 Å². The van der Waals surface area contributed by atoms with Crippen molar-refractivity contribution < 1.29 is 4.79 Å². The van der Waals surface area contributed by atoms with Crippen molar-refractivity contribution in [2.24, 2.45) is 5.73 Å². The van der Waals surface area contributed by atoms with Gasteiger partial charge in [0.2, 0.25) is 5.91 Å². The van der Waals surface area contributed by atoms with E-state index in [9.17, 15) is 4.79 Å². The van der Waals surface area contributed by atoms with E-state index in [1.165, 1.54) is 19.3 Å². The first-order chi connectivity index (χ1) is 9.05. The van der Waals surface area contributed by atoms with Gasteiger partial charge in [0.1, 0.15) is 0 Å². The topological polar surface area (TPSA) is 58.4 Å². The summed E-state index contributed by atoms with van der Waals surface area (Å²) in [4.78, 5) is 14.4. The number of primary amides is 1. The van der Waals surface area contributed by atoms with E-state index in [-0.39, 0.29) is 5.91 Å². The minimum Gasteiger partial charge on any atom is -0.368 e. The van der Waals surface area contributed by atoms with Crippen LogP contribution in [0.15, 0.2) is 0 Å². The summed E-state index contributed by atoms with van der Waals surface area (Å²) < 4.78 is 0. The van der Waals surface area contributed by atoms with Gasteiger partial charge in [-0.1, -0.05) is 6.42 Å². The Morgan fingerprint density at radius 2 is 1.95 bits per heavy atom. The van der Waals surface area contributed by atoms with Crippen LogP contribution >= 0.6 is 0 Å². The SMILES string of the molecule is C[C@@H]1CCC[C@H](C)N1CCC1(C(N)=O)CCCCN1. The van der Waals surface area contributed by atoms with Gasteiger partial charge in [0.15, 0.2) is 0 Å². The summed E-state index contributed by atoms with van der Waals surface area (Å²) in [5.74, 6) is -0.162. The molecule has 3 atom stereocenters. The Morgan fingerprint density at radius 3 is 2.47 bits per heavy atom. The maximum atomic E-state index is 11.9. The molecule has 19 heavy (non-hydrogen) atoms. The molecule has 4 nitrogen and oxygen atoms in total. The third-order valence-electron chi connectivity index (χ3n) is 5.14. The molecule has 0 saturated carbocycles. The molecule has 3 N–H and O–H groups in total. The van der Waals surface area contributed by atoms with Crippen molar-refractivity contribution in [1.82, 2.24) is 10.2 Å². The zero-order valence-electron chi connectivity index (χ0n) is 12.5. The highest BCUT2D eigenvalue weighted by Crippen LogP contribution is 2.27. The molecule has 2 aliphatic heterocycles. The fourth-order valence-corrected chi connectivity index (χ4v) is 3.75. The third kappa shape index (κ3) is 3.29. The first kappa shape index (κ1) is 14.8. The average molecular weight is 267 g/mol. The second-order valence-corrected chi connectivity index (χ2v) is 6.45. The maximum Gasteiger partial charge on any atom is 0.237 e. The molecule has 0 spiro atoms. The highest BCUT2D eigenvalue weighted by atomic mass is 16.1. The van der Waals surface area contributed by atoms with Crippen molar-refractivity contribution in [3.05, 3.63) is 0 Å². The van der Waals surface area contributed by atoms with Gasteiger partial charge < -0.3 is 11.1 Å². The van der Waals surface area contributed by atoms with Gasteiger partial charge in [0, 0.05) is 18.6 Å². The number of nitrogens with one attached hydrogen (secondary N) is 1. The summed E-state index contributed by atoms with van der Waals surface area (Å²) in [6.07, 6.45) is 7.92. The Labute approximate surface area is 117 Å². The molecule has 0 aliphatic carbocycles. The number of carbonyl (C=O) groups is 1. The molecule has 4 heteroatoms. The molecule has 0 radical (unpaired) electrons. The summed E-state index contributed by atoms with van der Waals surface area (Å²) in [6.45, 7) is 6.52. The number of hydrogen-bond acceptors (Lipinski definition) is 3. The molecule has 1 amide bonds. The van der Waals surface area contributed by atoms with Gasteiger partial charge in [-0.2, -0.15) is 0 Å². The van der Waals surface area contributed by atoms with Gasteiger partial charge >= 0.3 is 0 Å². The summed E-state index contributed by atoms with van der Waals surface area (Å²) in [5, 5.41) is 3.40. The Kier molecular flexibility index (Phi) is 4.85. The first-order valence-electron chi connectivity index (χ1n) is 7.86. The second kappa shape index (κ2) is 6.23. The monoisotopic (exact) mass is 267 g/mol. The van der Waals surface area contributed by atoms with Crippen molar-refractivity contribution in [3.63, 3.8) is 0 Å². The molecular weight excluding hydrogens is 238 g/mol. The molecule has 1 unspecified atom stereocenters. The fraction of sp³-hybridized carbons (Fsp3) is 0.933. The van der Waals surface area contributed by atoms with E-state index in [0.717, 1.165) is 38.8 Å². The van der Waals surface area contributed by atoms with Gasteiger partial charge in [-0.25, -0.2) is 0 Å². The Hall–Kier alpha value is -0.610. The van der Waals surface area contributed by atoms with Crippen molar-refractivity contribution >= 4 is 5.91 Å². The zero-order valence-corrected chi connectivity index (χ0v) is 12.5. The molecule has 110 valence electrons. The molecule has 2 fully saturated rings. The smallest absolute Gasteiger partial charge is 0.237 e. The van der Waals surface area contributed by atoms with Crippen molar-refractivity contribution in [2.45, 2.75) is 76.4 Å². The minimum atomic E-state index is -0.449. The molecule has 2 aliphatic rings.